The highest BCUT2D eigenvalue weighted by atomic mass is 16.2. The first-order valence-corrected chi connectivity index (χ1v) is 10.7. The van der Waals surface area contributed by atoms with E-state index in [1.807, 2.05) is 72.1 Å². The quantitative estimate of drug-likeness (QED) is 0.690. The van der Waals surface area contributed by atoms with Gasteiger partial charge in [0.2, 0.25) is 5.91 Å². The predicted molar refractivity (Wildman–Crippen MR) is 122 cm³/mol. The number of hydrogen-bond acceptors (Lipinski definition) is 4. The minimum absolute atomic E-state index is 0.00886. The second-order valence-corrected chi connectivity index (χ2v) is 8.25. The van der Waals surface area contributed by atoms with Gasteiger partial charge in [0.15, 0.2) is 0 Å². The van der Waals surface area contributed by atoms with E-state index in [-0.39, 0.29) is 17.9 Å². The van der Waals surface area contributed by atoms with Gasteiger partial charge in [0, 0.05) is 69.3 Å². The number of aryl methyl sites for hydroxylation is 1. The van der Waals surface area contributed by atoms with Crippen molar-refractivity contribution in [3.05, 3.63) is 54.1 Å². The number of carbonyl (C=O) groups excluding carboxylic acids is 2. The fourth-order valence-corrected chi connectivity index (χ4v) is 4.20. The lowest BCUT2D eigenvalue weighted by Crippen LogP contribution is -2.51. The molecule has 0 aliphatic carbocycles. The molecule has 2 heterocycles. The Balaban J connectivity index is 1.45. The van der Waals surface area contributed by atoms with Crippen molar-refractivity contribution >= 4 is 22.7 Å². The molecule has 2 aromatic carbocycles. The van der Waals surface area contributed by atoms with E-state index < -0.39 is 0 Å². The van der Waals surface area contributed by atoms with Crippen molar-refractivity contribution in [1.29, 1.82) is 0 Å². The molecule has 1 aromatic heterocycles. The summed E-state index contributed by atoms with van der Waals surface area (Å²) in [5.74, 6) is 0.0429. The van der Waals surface area contributed by atoms with Crippen LogP contribution in [0, 0.1) is 0 Å². The van der Waals surface area contributed by atoms with Gasteiger partial charge in [0.1, 0.15) is 5.69 Å². The topological polar surface area (TPSA) is 70.5 Å². The molecule has 3 aromatic rings. The van der Waals surface area contributed by atoms with Crippen molar-refractivity contribution in [3.63, 3.8) is 0 Å². The first-order valence-electron chi connectivity index (χ1n) is 10.7. The van der Waals surface area contributed by atoms with Crippen molar-refractivity contribution in [1.82, 2.24) is 24.9 Å². The summed E-state index contributed by atoms with van der Waals surface area (Å²) in [6.45, 7) is 7.56. The number of rotatable bonds is 5. The normalized spacial score (nSPS) is 15.8. The van der Waals surface area contributed by atoms with Crippen molar-refractivity contribution in [2.45, 2.75) is 19.9 Å². The molecule has 1 atom stereocenters. The van der Waals surface area contributed by atoms with E-state index in [2.05, 4.69) is 15.3 Å². The van der Waals surface area contributed by atoms with E-state index in [0.717, 1.165) is 54.9 Å². The molecule has 7 nitrogen and oxygen atoms in total. The zero-order chi connectivity index (χ0) is 22.0. The zero-order valence-corrected chi connectivity index (χ0v) is 18.3. The van der Waals surface area contributed by atoms with Gasteiger partial charge in [-0.3, -0.25) is 19.2 Å². The molecule has 31 heavy (non-hydrogen) atoms. The van der Waals surface area contributed by atoms with Crippen LogP contribution in [0.4, 0.5) is 0 Å². The van der Waals surface area contributed by atoms with Gasteiger partial charge in [-0.05, 0) is 25.1 Å². The van der Waals surface area contributed by atoms with Crippen LogP contribution < -0.4 is 5.32 Å². The van der Waals surface area contributed by atoms with Crippen LogP contribution in [0.15, 0.2) is 48.5 Å². The summed E-state index contributed by atoms with van der Waals surface area (Å²) in [6, 6.07) is 15.8. The van der Waals surface area contributed by atoms with Gasteiger partial charge in [0.25, 0.3) is 5.91 Å². The molecule has 1 unspecified atom stereocenters. The fourth-order valence-electron chi connectivity index (χ4n) is 4.20. The van der Waals surface area contributed by atoms with Crippen LogP contribution in [-0.2, 0) is 11.8 Å². The van der Waals surface area contributed by atoms with E-state index in [0.29, 0.717) is 5.56 Å². The molecule has 1 aliphatic rings. The minimum atomic E-state index is -0.0837. The van der Waals surface area contributed by atoms with Crippen LogP contribution >= 0.6 is 0 Å². The summed E-state index contributed by atoms with van der Waals surface area (Å²) in [7, 11) is 1.92. The number of carbonyl (C=O) groups is 2. The Labute approximate surface area is 182 Å². The number of amides is 2. The van der Waals surface area contributed by atoms with Crippen LogP contribution in [0.25, 0.3) is 22.2 Å². The van der Waals surface area contributed by atoms with Crippen molar-refractivity contribution < 1.29 is 9.59 Å². The fraction of sp³-hybridized carbons (Fsp3) is 0.375. The summed E-state index contributed by atoms with van der Waals surface area (Å²) in [5, 5.41) is 8.75. The molecule has 7 heteroatoms. The Kier molecular flexibility index (Phi) is 6.04. The van der Waals surface area contributed by atoms with E-state index in [9.17, 15) is 9.59 Å². The zero-order valence-electron chi connectivity index (χ0n) is 18.3. The highest BCUT2D eigenvalue weighted by molar-refractivity contribution is 6.01. The predicted octanol–water partition coefficient (Wildman–Crippen LogP) is 2.52. The molecular weight excluding hydrogens is 390 g/mol. The summed E-state index contributed by atoms with van der Waals surface area (Å²) >= 11 is 0. The molecule has 0 radical (unpaired) electrons. The third kappa shape index (κ3) is 4.61. The third-order valence-corrected chi connectivity index (χ3v) is 5.89. The van der Waals surface area contributed by atoms with Gasteiger partial charge >= 0.3 is 0 Å². The second kappa shape index (κ2) is 8.89. The van der Waals surface area contributed by atoms with Crippen molar-refractivity contribution in [2.75, 3.05) is 32.7 Å². The molecule has 0 spiro atoms. The van der Waals surface area contributed by atoms with Crippen molar-refractivity contribution in [3.8, 4) is 11.3 Å². The third-order valence-electron chi connectivity index (χ3n) is 5.89. The Morgan fingerprint density at radius 3 is 2.45 bits per heavy atom. The molecule has 0 saturated carbocycles. The number of aromatic nitrogens is 2. The summed E-state index contributed by atoms with van der Waals surface area (Å²) in [5.41, 5.74) is 3.53. The van der Waals surface area contributed by atoms with Crippen LogP contribution in [0.1, 0.15) is 24.2 Å². The number of benzene rings is 2. The first-order chi connectivity index (χ1) is 14.9. The number of piperazine rings is 1. The minimum Gasteiger partial charge on any atom is -0.348 e. The molecule has 1 fully saturated rings. The second-order valence-electron chi connectivity index (χ2n) is 8.25. The van der Waals surface area contributed by atoms with Gasteiger partial charge in [-0.2, -0.15) is 5.10 Å². The number of nitrogens with zero attached hydrogens (tertiary/aromatic N) is 4. The molecule has 2 amide bonds. The molecule has 1 aliphatic heterocycles. The van der Waals surface area contributed by atoms with Gasteiger partial charge in [-0.15, -0.1) is 0 Å². The maximum Gasteiger partial charge on any atom is 0.251 e. The largest absolute Gasteiger partial charge is 0.348 e. The maximum absolute atomic E-state index is 12.9. The molecule has 4 rings (SSSR count). The van der Waals surface area contributed by atoms with Crippen LogP contribution in [-0.4, -0.2) is 70.2 Å². The van der Waals surface area contributed by atoms with Gasteiger partial charge in [-0.25, -0.2) is 0 Å². The molecule has 1 N–H and O–H groups in total. The maximum atomic E-state index is 12.9. The van der Waals surface area contributed by atoms with Gasteiger partial charge < -0.3 is 10.2 Å². The molecular formula is C24H29N5O2. The van der Waals surface area contributed by atoms with Crippen LogP contribution in [0.2, 0.25) is 0 Å². The summed E-state index contributed by atoms with van der Waals surface area (Å²) in [6.07, 6.45) is 0. The van der Waals surface area contributed by atoms with E-state index in [1.54, 1.807) is 6.92 Å². The Hall–Kier alpha value is -3.19. The van der Waals surface area contributed by atoms with Crippen LogP contribution in [0.5, 0.6) is 0 Å². The Morgan fingerprint density at radius 1 is 1.06 bits per heavy atom. The molecule has 1 saturated heterocycles. The average molecular weight is 420 g/mol. The Bertz CT molecular complexity index is 1080. The standard InChI is InChI=1S/C24H29N5O2/c1-17(16-28-11-13-29(14-12-28)18(2)30)25-24(31)20-9-10-22-21(15-20)23(26-27(22)3)19-7-5-4-6-8-19/h4-10,15,17H,11-14,16H2,1-3H3,(H,25,31). The van der Waals surface area contributed by atoms with Gasteiger partial charge in [0.05, 0.1) is 5.52 Å². The van der Waals surface area contributed by atoms with E-state index in [4.69, 9.17) is 0 Å². The smallest absolute Gasteiger partial charge is 0.251 e. The lowest BCUT2D eigenvalue weighted by Gasteiger charge is -2.35. The van der Waals surface area contributed by atoms with Gasteiger partial charge in [-0.1, -0.05) is 30.3 Å². The molecule has 0 bridgehead atoms. The lowest BCUT2D eigenvalue weighted by atomic mass is 10.1. The Morgan fingerprint density at radius 2 is 1.77 bits per heavy atom. The van der Waals surface area contributed by atoms with E-state index >= 15 is 0 Å². The number of fused-ring (bicyclic) bond motifs is 1. The summed E-state index contributed by atoms with van der Waals surface area (Å²) in [4.78, 5) is 28.6. The van der Waals surface area contributed by atoms with E-state index in [1.165, 1.54) is 0 Å². The SMILES string of the molecule is CC(=O)N1CCN(CC(C)NC(=O)c2ccc3c(c2)c(-c2ccccc2)nn3C)CC1. The highest BCUT2D eigenvalue weighted by Gasteiger charge is 2.21. The van der Waals surface area contributed by atoms with Crippen LogP contribution in [0.3, 0.4) is 0 Å². The van der Waals surface area contributed by atoms with Crippen molar-refractivity contribution in [2.24, 2.45) is 7.05 Å². The summed E-state index contributed by atoms with van der Waals surface area (Å²) < 4.78 is 1.85. The lowest BCUT2D eigenvalue weighted by molar-refractivity contribution is -0.130. The highest BCUT2D eigenvalue weighted by Crippen LogP contribution is 2.28. The first kappa shape index (κ1) is 21.1. The number of nitrogens with one attached hydrogen (secondary N) is 1. The molecule has 162 valence electrons. The number of hydrogen-bond donors (Lipinski definition) is 1. The average Bonchev–Trinajstić information content (AvgIpc) is 3.10. The monoisotopic (exact) mass is 419 g/mol.